The van der Waals surface area contributed by atoms with Gasteiger partial charge in [-0.3, -0.25) is 0 Å². The highest BCUT2D eigenvalue weighted by Gasteiger charge is 2.30. The molecule has 0 amide bonds. The number of benzene rings is 2. The Balaban J connectivity index is 1.44. The molecule has 2 fully saturated rings. The van der Waals surface area contributed by atoms with Gasteiger partial charge in [0.15, 0.2) is 0 Å². The van der Waals surface area contributed by atoms with Crippen LogP contribution in [0.2, 0.25) is 0 Å². The van der Waals surface area contributed by atoms with Crippen LogP contribution >= 0.6 is 9.24 Å². The maximum absolute atomic E-state index is 14.8. The summed E-state index contributed by atoms with van der Waals surface area (Å²) >= 11 is 0. The van der Waals surface area contributed by atoms with E-state index in [4.69, 9.17) is 0 Å². The van der Waals surface area contributed by atoms with Crippen molar-refractivity contribution < 1.29 is 13.2 Å². The van der Waals surface area contributed by atoms with Crippen LogP contribution in [0.1, 0.15) is 69.8 Å². The van der Waals surface area contributed by atoms with Crippen molar-refractivity contribution in [1.82, 2.24) is 0 Å². The lowest BCUT2D eigenvalue weighted by molar-refractivity contribution is 0.165. The Hall–Kier alpha value is -1.34. The van der Waals surface area contributed by atoms with Crippen LogP contribution in [0, 0.1) is 35.2 Å². The van der Waals surface area contributed by atoms with E-state index >= 15 is 0 Å². The second-order valence-corrected chi connectivity index (χ2v) is 9.80. The van der Waals surface area contributed by atoms with Gasteiger partial charge in [-0.1, -0.05) is 41.1 Å². The molecule has 0 bridgehead atoms. The fourth-order valence-corrected chi connectivity index (χ4v) is 5.61. The third-order valence-electron chi connectivity index (χ3n) is 7.35. The van der Waals surface area contributed by atoms with Gasteiger partial charge in [0.1, 0.15) is 17.5 Å². The third kappa shape index (κ3) is 4.55. The zero-order chi connectivity index (χ0) is 20.5. The van der Waals surface area contributed by atoms with Crippen LogP contribution in [0.4, 0.5) is 13.2 Å². The molecule has 2 saturated carbocycles. The standard InChI is InChI=1S/C25H30F3P/c1-15-2-4-16(5-3-15)17-6-8-18(9-7-17)19-10-11-21(22(26)12-19)20-13-23(27)25(29)24(28)14-20/h10-18H,2-9,29H2,1H3. The van der Waals surface area contributed by atoms with Gasteiger partial charge in [0.05, 0.1) is 0 Å². The van der Waals surface area contributed by atoms with E-state index < -0.39 is 17.5 Å². The summed E-state index contributed by atoms with van der Waals surface area (Å²) in [5.74, 6) is 1.24. The highest BCUT2D eigenvalue weighted by Crippen LogP contribution is 2.44. The molecule has 4 heteroatoms. The molecule has 0 heterocycles. The lowest BCUT2D eigenvalue weighted by Crippen LogP contribution is -2.24. The minimum atomic E-state index is -0.677. The number of hydrogen-bond acceptors (Lipinski definition) is 0. The zero-order valence-electron chi connectivity index (χ0n) is 17.1. The summed E-state index contributed by atoms with van der Waals surface area (Å²) in [6.45, 7) is 2.36. The summed E-state index contributed by atoms with van der Waals surface area (Å²) in [6.07, 6.45) is 10.2. The van der Waals surface area contributed by atoms with Gasteiger partial charge >= 0.3 is 0 Å². The van der Waals surface area contributed by atoms with Crippen LogP contribution in [0.3, 0.4) is 0 Å². The van der Waals surface area contributed by atoms with Crippen molar-refractivity contribution in [2.24, 2.45) is 17.8 Å². The maximum Gasteiger partial charge on any atom is 0.133 e. The van der Waals surface area contributed by atoms with Gasteiger partial charge in [-0.25, -0.2) is 13.2 Å². The largest absolute Gasteiger partial charge is 0.206 e. The first-order chi connectivity index (χ1) is 13.9. The normalized spacial score (nSPS) is 27.8. The van der Waals surface area contributed by atoms with Crippen LogP contribution < -0.4 is 5.30 Å². The van der Waals surface area contributed by atoms with Crippen LogP contribution in [-0.2, 0) is 0 Å². The summed E-state index contributed by atoms with van der Waals surface area (Å²) in [6, 6.07) is 7.58. The number of hydrogen-bond donors (Lipinski definition) is 0. The Morgan fingerprint density at radius 1 is 0.724 bits per heavy atom. The maximum atomic E-state index is 14.8. The number of halogens is 3. The van der Waals surface area contributed by atoms with Gasteiger partial charge in [0.2, 0.25) is 0 Å². The van der Waals surface area contributed by atoms with E-state index in [1.165, 1.54) is 50.7 Å². The van der Waals surface area contributed by atoms with Crippen LogP contribution in [0.25, 0.3) is 11.1 Å². The van der Waals surface area contributed by atoms with Crippen molar-refractivity contribution in [3.63, 3.8) is 0 Å². The zero-order valence-corrected chi connectivity index (χ0v) is 18.2. The summed E-state index contributed by atoms with van der Waals surface area (Å²) < 4.78 is 42.5. The van der Waals surface area contributed by atoms with Crippen molar-refractivity contribution in [1.29, 1.82) is 0 Å². The average Bonchev–Trinajstić information content (AvgIpc) is 2.72. The average molecular weight is 418 g/mol. The van der Waals surface area contributed by atoms with Crippen molar-refractivity contribution in [2.45, 2.75) is 64.2 Å². The molecule has 1 atom stereocenters. The Morgan fingerprint density at radius 2 is 1.28 bits per heavy atom. The van der Waals surface area contributed by atoms with Crippen molar-refractivity contribution in [2.75, 3.05) is 0 Å². The molecule has 2 aromatic rings. The molecule has 2 aromatic carbocycles. The molecule has 0 saturated heterocycles. The fraction of sp³-hybridized carbons (Fsp3) is 0.520. The number of rotatable bonds is 3. The lowest BCUT2D eigenvalue weighted by atomic mass is 9.68. The van der Waals surface area contributed by atoms with E-state index in [-0.39, 0.29) is 16.4 Å². The van der Waals surface area contributed by atoms with Crippen molar-refractivity contribution >= 4 is 14.5 Å². The second kappa shape index (κ2) is 8.80. The minimum Gasteiger partial charge on any atom is -0.206 e. The van der Waals surface area contributed by atoms with Gasteiger partial charge in [-0.05, 0) is 91.5 Å². The molecular weight excluding hydrogens is 388 g/mol. The minimum absolute atomic E-state index is 0.116. The van der Waals surface area contributed by atoms with Gasteiger partial charge in [-0.15, -0.1) is 0 Å². The fourth-order valence-electron chi connectivity index (χ4n) is 5.44. The lowest BCUT2D eigenvalue weighted by Gasteiger charge is -2.37. The molecule has 2 aliphatic carbocycles. The molecule has 0 nitrogen and oxygen atoms in total. The Kier molecular flexibility index (Phi) is 6.35. The molecule has 2 aliphatic rings. The third-order valence-corrected chi connectivity index (χ3v) is 7.91. The summed E-state index contributed by atoms with van der Waals surface area (Å²) in [5, 5.41) is -0.116. The molecule has 156 valence electrons. The molecule has 0 N–H and O–H groups in total. The van der Waals surface area contributed by atoms with Crippen LogP contribution in [0.15, 0.2) is 30.3 Å². The monoisotopic (exact) mass is 418 g/mol. The summed E-state index contributed by atoms with van der Waals surface area (Å²) in [7, 11) is 2.04. The molecule has 0 aliphatic heterocycles. The molecule has 0 aromatic heterocycles. The summed E-state index contributed by atoms with van der Waals surface area (Å²) in [5.41, 5.74) is 1.51. The van der Waals surface area contributed by atoms with E-state index in [1.54, 1.807) is 12.1 Å². The van der Waals surface area contributed by atoms with E-state index in [1.807, 2.05) is 15.3 Å². The predicted molar refractivity (Wildman–Crippen MR) is 117 cm³/mol. The second-order valence-electron chi connectivity index (χ2n) is 9.22. The van der Waals surface area contributed by atoms with Gasteiger partial charge in [0, 0.05) is 10.9 Å². The first-order valence-corrected chi connectivity index (χ1v) is 11.5. The highest BCUT2D eigenvalue weighted by atomic mass is 31.0. The first-order valence-electron chi connectivity index (χ1n) is 11.0. The van der Waals surface area contributed by atoms with Crippen LogP contribution in [-0.4, -0.2) is 0 Å². The van der Waals surface area contributed by atoms with Gasteiger partial charge in [0.25, 0.3) is 0 Å². The molecular formula is C25H30F3P. The van der Waals surface area contributed by atoms with Gasteiger partial charge < -0.3 is 0 Å². The molecule has 29 heavy (non-hydrogen) atoms. The van der Waals surface area contributed by atoms with Gasteiger partial charge in [-0.2, -0.15) is 0 Å². The van der Waals surface area contributed by atoms with E-state index in [2.05, 4.69) is 6.92 Å². The summed E-state index contributed by atoms with van der Waals surface area (Å²) in [4.78, 5) is 0. The predicted octanol–water partition coefficient (Wildman–Crippen LogP) is 7.37. The van der Waals surface area contributed by atoms with E-state index in [0.29, 0.717) is 5.92 Å². The van der Waals surface area contributed by atoms with E-state index in [0.717, 1.165) is 36.2 Å². The van der Waals surface area contributed by atoms with Crippen LogP contribution in [0.5, 0.6) is 0 Å². The molecule has 4 rings (SSSR count). The topological polar surface area (TPSA) is 0 Å². The Morgan fingerprint density at radius 3 is 1.83 bits per heavy atom. The Labute approximate surface area is 174 Å². The quantitative estimate of drug-likeness (QED) is 0.457. The SMILES string of the molecule is CC1CCC(C2CCC(c3ccc(-c4cc(F)c(P)c(F)c4)c(F)c3)CC2)CC1. The van der Waals surface area contributed by atoms with Crippen molar-refractivity contribution in [3.8, 4) is 11.1 Å². The Bertz CT molecular complexity index is 839. The molecule has 0 spiro atoms. The smallest absolute Gasteiger partial charge is 0.133 e. The molecule has 0 radical (unpaired) electrons. The van der Waals surface area contributed by atoms with E-state index in [9.17, 15) is 13.2 Å². The van der Waals surface area contributed by atoms with Crippen molar-refractivity contribution in [3.05, 3.63) is 53.3 Å². The molecule has 1 unspecified atom stereocenters. The highest BCUT2D eigenvalue weighted by molar-refractivity contribution is 7.27. The first kappa shape index (κ1) is 20.9.